The van der Waals surface area contributed by atoms with Gasteiger partial charge in [0.15, 0.2) is 0 Å². The smallest absolute Gasteiger partial charge is 0.405 e. The van der Waals surface area contributed by atoms with Gasteiger partial charge in [0.05, 0.1) is 0 Å². The van der Waals surface area contributed by atoms with Crippen molar-refractivity contribution in [2.45, 2.75) is 37.6 Å². The molecule has 0 aliphatic heterocycles. The molecule has 0 aromatic heterocycles. The van der Waals surface area contributed by atoms with E-state index in [1.807, 2.05) is 12.1 Å². The van der Waals surface area contributed by atoms with Crippen LogP contribution in [0, 0.1) is 0 Å². The van der Waals surface area contributed by atoms with Crippen LogP contribution in [0.5, 0.6) is 0 Å². The molecule has 2 amide bonds. The molecule has 0 spiro atoms. The fourth-order valence-corrected chi connectivity index (χ4v) is 2.82. The van der Waals surface area contributed by atoms with E-state index < -0.39 is 11.6 Å². The van der Waals surface area contributed by atoms with Crippen molar-refractivity contribution in [1.29, 1.82) is 0 Å². The molecule has 0 atom stereocenters. The van der Waals surface area contributed by atoms with Crippen LogP contribution in [-0.4, -0.2) is 22.6 Å². The number of rotatable bonds is 3. The minimum absolute atomic E-state index is 0.276. The van der Waals surface area contributed by atoms with Crippen molar-refractivity contribution in [2.75, 3.05) is 5.32 Å². The minimum Gasteiger partial charge on any atom is -0.465 e. The molecule has 1 aromatic carbocycles. The second-order valence-corrected chi connectivity index (χ2v) is 5.95. The third kappa shape index (κ3) is 3.50. The lowest BCUT2D eigenvalue weighted by Crippen LogP contribution is -2.57. The number of carbonyl (C=O) groups excluding carboxylic acids is 1. The molecule has 2 rings (SSSR count). The SMILES string of the molecule is O=C(O)NC1(C(=O)Nc2ccc(Br)cc2)CCCCC1. The standard InChI is InChI=1S/C14H17BrN2O3/c15-10-4-6-11(7-5-10)16-12(18)14(17-13(19)20)8-2-1-3-9-14/h4-7,17H,1-3,8-9H2,(H,16,18)(H,19,20). The average Bonchev–Trinajstić information content (AvgIpc) is 2.41. The van der Waals surface area contributed by atoms with Crippen LogP contribution in [0.1, 0.15) is 32.1 Å². The number of hydrogen-bond donors (Lipinski definition) is 3. The molecule has 1 saturated carbocycles. The van der Waals surface area contributed by atoms with E-state index in [1.165, 1.54) is 0 Å². The molecule has 108 valence electrons. The summed E-state index contributed by atoms with van der Waals surface area (Å²) in [5.41, 5.74) is -0.340. The van der Waals surface area contributed by atoms with Gasteiger partial charge in [0, 0.05) is 10.2 Å². The third-order valence-corrected chi connectivity index (χ3v) is 4.12. The molecule has 1 aliphatic rings. The summed E-state index contributed by atoms with van der Waals surface area (Å²) < 4.78 is 0.923. The fourth-order valence-electron chi connectivity index (χ4n) is 2.55. The zero-order chi connectivity index (χ0) is 14.6. The first kappa shape index (κ1) is 14.8. The van der Waals surface area contributed by atoms with Crippen LogP contribution in [0.3, 0.4) is 0 Å². The Morgan fingerprint density at radius 3 is 2.25 bits per heavy atom. The van der Waals surface area contributed by atoms with Crippen molar-refractivity contribution >= 4 is 33.6 Å². The van der Waals surface area contributed by atoms with Crippen LogP contribution in [-0.2, 0) is 4.79 Å². The number of amides is 2. The summed E-state index contributed by atoms with van der Waals surface area (Å²) in [6.07, 6.45) is 2.68. The summed E-state index contributed by atoms with van der Waals surface area (Å²) in [4.78, 5) is 23.4. The minimum atomic E-state index is -1.15. The van der Waals surface area contributed by atoms with Crippen molar-refractivity contribution < 1.29 is 14.7 Å². The van der Waals surface area contributed by atoms with Crippen LogP contribution in [0.25, 0.3) is 0 Å². The highest BCUT2D eigenvalue weighted by atomic mass is 79.9. The van der Waals surface area contributed by atoms with E-state index in [9.17, 15) is 9.59 Å². The van der Waals surface area contributed by atoms with E-state index in [1.54, 1.807) is 12.1 Å². The molecule has 0 radical (unpaired) electrons. The number of hydrogen-bond acceptors (Lipinski definition) is 2. The molecule has 1 aliphatic carbocycles. The maximum atomic E-state index is 12.5. The van der Waals surface area contributed by atoms with Gasteiger partial charge in [0.1, 0.15) is 5.54 Å². The summed E-state index contributed by atoms with van der Waals surface area (Å²) >= 11 is 3.33. The molecular weight excluding hydrogens is 324 g/mol. The summed E-state index contributed by atoms with van der Waals surface area (Å²) in [7, 11) is 0. The van der Waals surface area contributed by atoms with Gasteiger partial charge in [0.25, 0.3) is 0 Å². The van der Waals surface area contributed by atoms with Gasteiger partial charge < -0.3 is 15.7 Å². The van der Waals surface area contributed by atoms with Gasteiger partial charge in [-0.05, 0) is 37.1 Å². The number of benzene rings is 1. The topological polar surface area (TPSA) is 78.4 Å². The third-order valence-electron chi connectivity index (χ3n) is 3.59. The Bertz CT molecular complexity index is 496. The quantitative estimate of drug-likeness (QED) is 0.789. The molecule has 20 heavy (non-hydrogen) atoms. The zero-order valence-electron chi connectivity index (χ0n) is 11.0. The van der Waals surface area contributed by atoms with Crippen molar-refractivity contribution in [2.24, 2.45) is 0 Å². The fraction of sp³-hybridized carbons (Fsp3) is 0.429. The number of anilines is 1. The normalized spacial score (nSPS) is 17.2. The molecule has 0 unspecified atom stereocenters. The van der Waals surface area contributed by atoms with E-state index >= 15 is 0 Å². The summed E-state index contributed by atoms with van der Waals surface area (Å²) in [6.45, 7) is 0. The molecule has 3 N–H and O–H groups in total. The second kappa shape index (κ2) is 6.26. The lowest BCUT2D eigenvalue weighted by atomic mass is 9.81. The highest BCUT2D eigenvalue weighted by Crippen LogP contribution is 2.29. The van der Waals surface area contributed by atoms with E-state index in [-0.39, 0.29) is 5.91 Å². The van der Waals surface area contributed by atoms with Gasteiger partial charge in [-0.3, -0.25) is 4.79 Å². The van der Waals surface area contributed by atoms with Gasteiger partial charge in [-0.25, -0.2) is 4.79 Å². The van der Waals surface area contributed by atoms with Gasteiger partial charge in [-0.2, -0.15) is 0 Å². The van der Waals surface area contributed by atoms with Crippen LogP contribution in [0.15, 0.2) is 28.7 Å². The number of halogens is 1. The highest BCUT2D eigenvalue weighted by molar-refractivity contribution is 9.10. The van der Waals surface area contributed by atoms with Gasteiger partial charge in [-0.15, -0.1) is 0 Å². The molecule has 5 nitrogen and oxygen atoms in total. The summed E-state index contributed by atoms with van der Waals surface area (Å²) in [6, 6.07) is 7.21. The number of nitrogens with one attached hydrogen (secondary N) is 2. The van der Waals surface area contributed by atoms with E-state index in [0.29, 0.717) is 18.5 Å². The Hall–Kier alpha value is -1.56. The summed E-state index contributed by atoms with van der Waals surface area (Å²) in [5, 5.41) is 14.2. The van der Waals surface area contributed by atoms with Crippen molar-refractivity contribution in [3.8, 4) is 0 Å². The Balaban J connectivity index is 2.13. The van der Waals surface area contributed by atoms with Crippen molar-refractivity contribution in [1.82, 2.24) is 5.32 Å². The largest absolute Gasteiger partial charge is 0.465 e. The van der Waals surface area contributed by atoms with Crippen molar-refractivity contribution in [3.05, 3.63) is 28.7 Å². The molecule has 6 heteroatoms. The Kier molecular flexibility index (Phi) is 4.65. The molecule has 1 aromatic rings. The first-order valence-electron chi connectivity index (χ1n) is 6.60. The van der Waals surface area contributed by atoms with E-state index in [2.05, 4.69) is 26.6 Å². The maximum absolute atomic E-state index is 12.5. The highest BCUT2D eigenvalue weighted by Gasteiger charge is 2.40. The van der Waals surface area contributed by atoms with E-state index in [4.69, 9.17) is 5.11 Å². The molecule has 0 bridgehead atoms. The lowest BCUT2D eigenvalue weighted by molar-refractivity contribution is -0.123. The first-order valence-corrected chi connectivity index (χ1v) is 7.39. The van der Waals surface area contributed by atoms with Crippen molar-refractivity contribution in [3.63, 3.8) is 0 Å². The van der Waals surface area contributed by atoms with Crippen LogP contribution >= 0.6 is 15.9 Å². The van der Waals surface area contributed by atoms with E-state index in [0.717, 1.165) is 23.7 Å². The second-order valence-electron chi connectivity index (χ2n) is 5.03. The van der Waals surface area contributed by atoms with Crippen LogP contribution < -0.4 is 10.6 Å². The molecule has 1 fully saturated rings. The van der Waals surface area contributed by atoms with Gasteiger partial charge in [-0.1, -0.05) is 35.2 Å². The molecule has 0 heterocycles. The van der Waals surface area contributed by atoms with Gasteiger partial charge in [0.2, 0.25) is 5.91 Å². The Morgan fingerprint density at radius 1 is 1.10 bits per heavy atom. The lowest BCUT2D eigenvalue weighted by Gasteiger charge is -2.35. The maximum Gasteiger partial charge on any atom is 0.405 e. The number of carboxylic acid groups (broad SMARTS) is 1. The number of carbonyl (C=O) groups is 2. The molecular formula is C14H17BrN2O3. The average molecular weight is 341 g/mol. The Morgan fingerprint density at radius 2 is 1.70 bits per heavy atom. The van der Waals surface area contributed by atoms with Gasteiger partial charge >= 0.3 is 6.09 Å². The zero-order valence-corrected chi connectivity index (χ0v) is 12.6. The molecule has 0 saturated heterocycles. The van der Waals surface area contributed by atoms with Crippen LogP contribution in [0.2, 0.25) is 0 Å². The summed E-state index contributed by atoms with van der Waals surface area (Å²) in [5.74, 6) is -0.276. The first-order chi connectivity index (χ1) is 9.52. The van der Waals surface area contributed by atoms with Crippen LogP contribution in [0.4, 0.5) is 10.5 Å². The monoisotopic (exact) mass is 340 g/mol. The Labute approximate surface area is 125 Å². The predicted octanol–water partition coefficient (Wildman–Crippen LogP) is 3.36. The predicted molar refractivity (Wildman–Crippen MR) is 79.7 cm³/mol.